The van der Waals surface area contributed by atoms with Gasteiger partial charge in [0.05, 0.1) is 42.5 Å². The molecule has 0 aliphatic rings. The number of aromatic nitrogens is 6. The first-order chi connectivity index (χ1) is 20.7. The van der Waals surface area contributed by atoms with Crippen LogP contribution in [0.5, 0.6) is 0 Å². The van der Waals surface area contributed by atoms with Gasteiger partial charge in [0, 0.05) is 40.6 Å². The summed E-state index contributed by atoms with van der Waals surface area (Å²) in [5.74, 6) is 0.303. The van der Waals surface area contributed by atoms with Gasteiger partial charge in [-0.3, -0.25) is 19.6 Å². The topological polar surface area (TPSA) is 139 Å². The molecule has 0 aromatic carbocycles. The van der Waals surface area contributed by atoms with Crippen molar-refractivity contribution in [3.8, 4) is 0 Å². The molecule has 0 atom stereocenters. The summed E-state index contributed by atoms with van der Waals surface area (Å²) in [5, 5.41) is 10.0. The smallest absolute Gasteiger partial charge is 0.383 e. The largest absolute Gasteiger partial charge is 1.00 e. The van der Waals surface area contributed by atoms with E-state index in [2.05, 4.69) is 33.8 Å². The summed E-state index contributed by atoms with van der Waals surface area (Å²) >= 11 is 0. The molecule has 0 aliphatic heterocycles. The second-order valence-corrected chi connectivity index (χ2v) is 10.4. The number of carbonyl (C=O) groups is 3. The zero-order valence-electron chi connectivity index (χ0n) is 28.2. The molecule has 0 saturated heterocycles. The predicted octanol–water partition coefficient (Wildman–Crippen LogP) is 1.63. The van der Waals surface area contributed by atoms with Crippen molar-refractivity contribution in [2.75, 3.05) is 23.9 Å². The van der Waals surface area contributed by atoms with Crippen LogP contribution in [0.2, 0.25) is 0 Å². The number of pyridine rings is 2. The van der Waals surface area contributed by atoms with Gasteiger partial charge in [0.2, 0.25) is 0 Å². The zero-order valence-corrected chi connectivity index (χ0v) is 28.2. The number of Topliss-reactive ketones (excluding diaryl/α,β-unsaturated/α-hetero) is 1. The van der Waals surface area contributed by atoms with Crippen molar-refractivity contribution < 1.29 is 38.4 Å². The Labute approximate surface area is 278 Å². The second-order valence-electron chi connectivity index (χ2n) is 10.4. The number of hydrogen-bond donors (Lipinski definition) is 1. The molecule has 4 rings (SSSR count). The SMILES string of the molecule is CC(C)=O.CN(C(=O)c1cnc(C(C)(C)O)n1C)c1cccnc1.CN(C(=O)c1cncn1C)c1cccnc1.[CH2-]CCC.[Li+]. The van der Waals surface area contributed by atoms with Crippen LogP contribution in [0.15, 0.2) is 67.8 Å². The molecule has 238 valence electrons. The number of amides is 2. The molecule has 0 saturated carbocycles. The summed E-state index contributed by atoms with van der Waals surface area (Å²) in [7, 11) is 6.89. The number of nitrogens with zero attached hydrogens (tertiary/aromatic N) is 8. The van der Waals surface area contributed by atoms with Gasteiger partial charge >= 0.3 is 18.9 Å². The molecule has 0 aliphatic carbocycles. The zero-order chi connectivity index (χ0) is 33.4. The van der Waals surface area contributed by atoms with Gasteiger partial charge in [0.15, 0.2) is 0 Å². The van der Waals surface area contributed by atoms with Gasteiger partial charge < -0.3 is 35.8 Å². The Bertz CT molecular complexity index is 1440. The minimum Gasteiger partial charge on any atom is -0.383 e. The molecular weight excluding hydrogens is 567 g/mol. The Hall–Kier alpha value is -4.11. The molecule has 13 heteroatoms. The van der Waals surface area contributed by atoms with Gasteiger partial charge in [-0.2, -0.15) is 6.42 Å². The van der Waals surface area contributed by atoms with Gasteiger partial charge in [-0.1, -0.05) is 13.3 Å². The Morgan fingerprint density at radius 2 is 1.31 bits per heavy atom. The normalized spacial score (nSPS) is 9.93. The number of aliphatic hydroxyl groups is 1. The summed E-state index contributed by atoms with van der Waals surface area (Å²) < 4.78 is 3.30. The number of rotatable bonds is 6. The van der Waals surface area contributed by atoms with E-state index in [1.807, 2.05) is 6.07 Å². The summed E-state index contributed by atoms with van der Waals surface area (Å²) in [6, 6.07) is 7.20. The maximum absolute atomic E-state index is 12.5. The van der Waals surface area contributed by atoms with Crippen molar-refractivity contribution in [3.05, 3.63) is 91.9 Å². The number of ketones is 1. The third-order valence-corrected chi connectivity index (χ3v) is 5.82. The number of imidazole rings is 2. The van der Waals surface area contributed by atoms with E-state index in [-0.39, 0.29) is 36.5 Å². The van der Waals surface area contributed by atoms with Gasteiger partial charge in [0.25, 0.3) is 11.8 Å². The maximum Gasteiger partial charge on any atom is 1.00 e. The van der Waals surface area contributed by atoms with Crippen LogP contribution < -0.4 is 28.7 Å². The van der Waals surface area contributed by atoms with Crippen LogP contribution in [0.1, 0.15) is 74.3 Å². The second kappa shape index (κ2) is 20.0. The Morgan fingerprint density at radius 1 is 0.867 bits per heavy atom. The number of hydrogen-bond acceptors (Lipinski definition) is 8. The van der Waals surface area contributed by atoms with Crippen molar-refractivity contribution >= 4 is 29.0 Å². The Kier molecular flexibility index (Phi) is 18.2. The van der Waals surface area contributed by atoms with E-state index in [0.717, 1.165) is 12.1 Å². The average Bonchev–Trinajstić information content (AvgIpc) is 3.61. The molecule has 0 spiro atoms. The predicted molar refractivity (Wildman–Crippen MR) is 172 cm³/mol. The molecule has 12 nitrogen and oxygen atoms in total. The fourth-order valence-corrected chi connectivity index (χ4v) is 3.42. The van der Waals surface area contributed by atoms with E-state index >= 15 is 0 Å². The monoisotopic (exact) mass is 612 g/mol. The molecule has 4 heterocycles. The van der Waals surface area contributed by atoms with Gasteiger partial charge in [-0.25, -0.2) is 9.97 Å². The molecule has 45 heavy (non-hydrogen) atoms. The maximum atomic E-state index is 12.5. The van der Waals surface area contributed by atoms with Crippen molar-refractivity contribution in [1.29, 1.82) is 0 Å². The summed E-state index contributed by atoms with van der Waals surface area (Å²) in [4.78, 5) is 53.0. The van der Waals surface area contributed by atoms with Gasteiger partial charge in [0.1, 0.15) is 28.6 Å². The molecule has 4 aromatic rings. The fraction of sp³-hybridized carbons (Fsp3) is 0.375. The van der Waals surface area contributed by atoms with Crippen molar-refractivity contribution in [2.24, 2.45) is 14.1 Å². The molecule has 0 unspecified atom stereocenters. The number of aryl methyl sites for hydroxylation is 1. The Balaban J connectivity index is 0.000000692. The Morgan fingerprint density at radius 3 is 1.62 bits per heavy atom. The van der Waals surface area contributed by atoms with E-state index in [4.69, 9.17) is 0 Å². The molecular formula is C32H45LiN8O4. The van der Waals surface area contributed by atoms with E-state index < -0.39 is 5.60 Å². The molecule has 0 bridgehead atoms. The van der Waals surface area contributed by atoms with Crippen LogP contribution >= 0.6 is 0 Å². The fourth-order valence-electron chi connectivity index (χ4n) is 3.42. The van der Waals surface area contributed by atoms with Crippen LogP contribution in [0, 0.1) is 6.92 Å². The molecule has 0 fully saturated rings. The standard InChI is InChI=1S/C14H18N4O2.C11H12N4O.C4H9.C3H6O.Li/c1-14(2,20)13-16-9-11(18(13)4)12(19)17(3)10-6-5-7-15-8-10;1-14-8-13-7-10(14)11(16)15(2)9-4-3-5-12-6-9;1-3-4-2;1-3(2)4;/h5-9,20H,1-4H3;3-8H,1-2H3;1,3-4H2,2H3;1-2H3;/q;;-1;;+1. The van der Waals surface area contributed by atoms with Gasteiger partial charge in [-0.15, -0.1) is 0 Å². The first kappa shape index (κ1) is 40.9. The average molecular weight is 613 g/mol. The number of unbranched alkanes of at least 4 members (excludes halogenated alkanes) is 1. The third-order valence-electron chi connectivity index (χ3n) is 5.82. The quantitative estimate of drug-likeness (QED) is 0.256. The molecule has 1 N–H and O–H groups in total. The minimum atomic E-state index is -1.10. The van der Waals surface area contributed by atoms with Crippen molar-refractivity contribution in [2.45, 2.75) is 53.1 Å². The first-order valence-corrected chi connectivity index (χ1v) is 14.0. The molecule has 0 radical (unpaired) electrons. The third kappa shape index (κ3) is 13.2. The number of anilines is 2. The summed E-state index contributed by atoms with van der Waals surface area (Å²) in [5.41, 5.74) is 1.32. The van der Waals surface area contributed by atoms with Gasteiger partial charge in [-0.05, 0) is 52.0 Å². The van der Waals surface area contributed by atoms with E-state index in [1.54, 1.807) is 112 Å². The minimum absolute atomic E-state index is 0. The van der Waals surface area contributed by atoms with Crippen molar-refractivity contribution in [3.63, 3.8) is 0 Å². The summed E-state index contributed by atoms with van der Waals surface area (Å²) in [6.45, 7) is 12.0. The van der Waals surface area contributed by atoms with E-state index in [1.165, 1.54) is 31.4 Å². The van der Waals surface area contributed by atoms with E-state index in [9.17, 15) is 19.5 Å². The van der Waals surface area contributed by atoms with Crippen LogP contribution in [0.4, 0.5) is 11.4 Å². The summed E-state index contributed by atoms with van der Waals surface area (Å²) in [6.07, 6.45) is 13.5. The van der Waals surface area contributed by atoms with Crippen LogP contribution in [-0.2, 0) is 24.5 Å². The number of carbonyl (C=O) groups excluding carboxylic acids is 3. The molecule has 2 amide bonds. The van der Waals surface area contributed by atoms with Crippen molar-refractivity contribution in [1.82, 2.24) is 29.1 Å². The van der Waals surface area contributed by atoms with E-state index in [0.29, 0.717) is 22.9 Å². The van der Waals surface area contributed by atoms with Crippen LogP contribution in [0.3, 0.4) is 0 Å². The van der Waals surface area contributed by atoms with Crippen LogP contribution in [-0.4, -0.2) is 65.9 Å². The first-order valence-electron chi connectivity index (χ1n) is 14.0. The molecule has 4 aromatic heterocycles. The van der Waals surface area contributed by atoms with Crippen LogP contribution in [0.25, 0.3) is 0 Å².